The number of sulfonamides is 1. The Bertz CT molecular complexity index is 1580. The molecular weight excluding hydrogens is 570 g/mol. The maximum Gasteiger partial charge on any atom is 0.211 e. The van der Waals surface area contributed by atoms with E-state index in [0.717, 1.165) is 86.0 Å². The number of halogens is 1. The van der Waals surface area contributed by atoms with Crippen LogP contribution in [0.5, 0.6) is 0 Å². The molecule has 0 atom stereocenters. The summed E-state index contributed by atoms with van der Waals surface area (Å²) < 4.78 is 34.0. The third-order valence-corrected chi connectivity index (χ3v) is 9.80. The molecule has 1 aromatic heterocycles. The van der Waals surface area contributed by atoms with Gasteiger partial charge in [-0.1, -0.05) is 41.6 Å². The first-order valence-corrected chi connectivity index (χ1v) is 17.0. The zero-order chi connectivity index (χ0) is 29.1. The molecule has 1 N–H and O–H groups in total. The Hall–Kier alpha value is -2.71. The van der Waals surface area contributed by atoms with Crippen LogP contribution < -0.4 is 5.32 Å². The lowest BCUT2D eigenvalue weighted by atomic mass is 10.0. The molecule has 222 valence electrons. The van der Waals surface area contributed by atoms with Crippen LogP contribution in [0.1, 0.15) is 47.2 Å². The van der Waals surface area contributed by atoms with Gasteiger partial charge in [0.05, 0.1) is 30.2 Å². The highest BCUT2D eigenvalue weighted by Crippen LogP contribution is 2.33. The fraction of sp³-hybridized carbons (Fsp3) is 0.469. The Labute approximate surface area is 254 Å². The number of aryl methyl sites for hydroxylation is 1. The van der Waals surface area contributed by atoms with E-state index in [-0.39, 0.29) is 0 Å². The number of aromatic nitrogens is 2. The molecule has 1 saturated carbocycles. The predicted octanol–water partition coefficient (Wildman–Crippen LogP) is 3.90. The summed E-state index contributed by atoms with van der Waals surface area (Å²) in [6, 6.07) is 14.8. The molecule has 2 aliphatic heterocycles. The third kappa shape index (κ3) is 7.25. The van der Waals surface area contributed by atoms with Crippen LogP contribution in [0.25, 0.3) is 11.3 Å². The highest BCUT2D eigenvalue weighted by atomic mass is 35.5. The zero-order valence-electron chi connectivity index (χ0n) is 24.1. The minimum Gasteiger partial charge on any atom is -0.379 e. The smallest absolute Gasteiger partial charge is 0.211 e. The number of ether oxygens (including phenoxy) is 1. The van der Waals surface area contributed by atoms with Crippen molar-refractivity contribution in [2.45, 2.75) is 51.4 Å². The summed E-state index contributed by atoms with van der Waals surface area (Å²) in [5, 5.41) is 9.16. The van der Waals surface area contributed by atoms with Crippen molar-refractivity contribution in [3.05, 3.63) is 75.4 Å². The first-order chi connectivity index (χ1) is 20.3. The lowest BCUT2D eigenvalue weighted by molar-refractivity contribution is 0.0368. The molecule has 0 spiro atoms. The molecule has 0 bridgehead atoms. The molecule has 10 heteroatoms. The van der Waals surface area contributed by atoms with E-state index in [0.29, 0.717) is 30.6 Å². The zero-order valence-corrected chi connectivity index (χ0v) is 25.7. The van der Waals surface area contributed by atoms with Gasteiger partial charge in [-0.25, -0.2) is 8.42 Å². The Kier molecular flexibility index (Phi) is 9.01. The summed E-state index contributed by atoms with van der Waals surface area (Å²) >= 11 is 6.59. The normalized spacial score (nSPS) is 18.0. The number of nitrogens with one attached hydrogen (secondary N) is 1. The van der Waals surface area contributed by atoms with Gasteiger partial charge in [0.25, 0.3) is 0 Å². The highest BCUT2D eigenvalue weighted by molar-refractivity contribution is 7.88. The van der Waals surface area contributed by atoms with Crippen LogP contribution in [0.2, 0.25) is 5.02 Å². The van der Waals surface area contributed by atoms with E-state index in [1.165, 1.54) is 24.7 Å². The summed E-state index contributed by atoms with van der Waals surface area (Å²) in [5.74, 6) is 6.51. The van der Waals surface area contributed by atoms with E-state index < -0.39 is 10.0 Å². The number of morpholine rings is 1. The Morgan fingerprint density at radius 1 is 1.05 bits per heavy atom. The summed E-state index contributed by atoms with van der Waals surface area (Å²) in [4.78, 5) is 2.43. The maximum absolute atomic E-state index is 12.5. The number of hydrogen-bond acceptors (Lipinski definition) is 6. The number of fused-ring (bicyclic) bond motifs is 1. The Morgan fingerprint density at radius 2 is 1.83 bits per heavy atom. The Balaban J connectivity index is 1.24. The van der Waals surface area contributed by atoms with Gasteiger partial charge in [-0.15, -0.1) is 0 Å². The minimum atomic E-state index is -3.32. The molecule has 3 aliphatic rings. The lowest BCUT2D eigenvalue weighted by Gasteiger charge is -2.27. The van der Waals surface area contributed by atoms with Crippen LogP contribution in [0.4, 0.5) is 0 Å². The molecule has 0 unspecified atom stereocenters. The number of nitrogens with zero attached hydrogens (tertiary/aromatic N) is 4. The molecule has 6 rings (SSSR count). The van der Waals surface area contributed by atoms with Gasteiger partial charge >= 0.3 is 0 Å². The summed E-state index contributed by atoms with van der Waals surface area (Å²) in [5.41, 5.74) is 6.68. The van der Waals surface area contributed by atoms with Gasteiger partial charge in [0.1, 0.15) is 0 Å². The van der Waals surface area contributed by atoms with E-state index >= 15 is 0 Å². The second kappa shape index (κ2) is 12.9. The summed E-state index contributed by atoms with van der Waals surface area (Å²) in [7, 11) is -3.32. The molecule has 0 amide bonds. The molecule has 1 aliphatic carbocycles. The number of benzene rings is 2. The Morgan fingerprint density at radius 3 is 2.57 bits per heavy atom. The highest BCUT2D eigenvalue weighted by Gasteiger charge is 2.30. The molecule has 0 radical (unpaired) electrons. The second-order valence-corrected chi connectivity index (χ2v) is 13.8. The lowest BCUT2D eigenvalue weighted by Crippen LogP contribution is -2.37. The molecule has 3 aromatic rings. The van der Waals surface area contributed by atoms with Crippen molar-refractivity contribution in [2.24, 2.45) is 0 Å². The molecule has 8 nitrogen and oxygen atoms in total. The van der Waals surface area contributed by atoms with Gasteiger partial charge in [-0.3, -0.25) is 9.58 Å². The van der Waals surface area contributed by atoms with Crippen molar-refractivity contribution in [3.8, 4) is 23.1 Å². The average Bonchev–Trinajstić information content (AvgIpc) is 3.76. The van der Waals surface area contributed by atoms with Crippen LogP contribution in [0.3, 0.4) is 0 Å². The van der Waals surface area contributed by atoms with E-state index in [9.17, 15) is 8.42 Å². The topological polar surface area (TPSA) is 79.7 Å². The second-order valence-electron chi connectivity index (χ2n) is 11.4. The first-order valence-electron chi connectivity index (χ1n) is 14.8. The fourth-order valence-electron chi connectivity index (χ4n) is 5.60. The number of hydrogen-bond donors (Lipinski definition) is 1. The molecule has 1 saturated heterocycles. The average molecular weight is 608 g/mol. The summed E-state index contributed by atoms with van der Waals surface area (Å²) in [6.45, 7) is 6.93. The van der Waals surface area contributed by atoms with Gasteiger partial charge in [-0.05, 0) is 49.1 Å². The van der Waals surface area contributed by atoms with Gasteiger partial charge in [-0.2, -0.15) is 9.40 Å². The van der Waals surface area contributed by atoms with Crippen LogP contribution in [-0.2, 0) is 40.8 Å². The van der Waals surface area contributed by atoms with Gasteiger partial charge in [0.15, 0.2) is 0 Å². The van der Waals surface area contributed by atoms with Crippen LogP contribution in [0, 0.1) is 11.8 Å². The molecule has 2 fully saturated rings. The van der Waals surface area contributed by atoms with E-state index in [2.05, 4.69) is 38.9 Å². The molecule has 3 heterocycles. The van der Waals surface area contributed by atoms with Crippen molar-refractivity contribution in [2.75, 3.05) is 45.6 Å². The SMILES string of the molecule is CS(=O)(=O)N1CCc2c(c(-c3ccc(Cl)c(C#Cc4ccc(CNC5CC5)cc4)c3)nn2CCCN2CCOCC2)C1. The van der Waals surface area contributed by atoms with E-state index in [4.69, 9.17) is 21.4 Å². The predicted molar refractivity (Wildman–Crippen MR) is 166 cm³/mol. The standard InChI is InChI=1S/C32H38ClN5O3S/c1-42(39,40)37-16-13-31-29(23-37)32(35-38(31)15-2-14-36-17-19-41-20-18-36)27-9-12-30(33)26(21-27)8-7-24-3-5-25(6-4-24)22-34-28-10-11-28/h3-6,9,12,21,28,34H,2,10-11,13-20,22-23H2,1H3. The van der Waals surface area contributed by atoms with Crippen molar-refractivity contribution in [3.63, 3.8) is 0 Å². The van der Waals surface area contributed by atoms with Crippen LogP contribution in [-0.4, -0.2) is 79.1 Å². The monoisotopic (exact) mass is 607 g/mol. The summed E-state index contributed by atoms with van der Waals surface area (Å²) in [6.07, 6.45) is 5.43. The van der Waals surface area contributed by atoms with Gasteiger partial charge in [0.2, 0.25) is 10.0 Å². The minimum absolute atomic E-state index is 0.318. The van der Waals surface area contributed by atoms with Crippen LogP contribution >= 0.6 is 11.6 Å². The maximum atomic E-state index is 12.5. The quantitative estimate of drug-likeness (QED) is 0.372. The molecular formula is C32H38ClN5O3S. The first kappa shape index (κ1) is 29.4. The van der Waals surface area contributed by atoms with E-state index in [1.807, 2.05) is 30.3 Å². The molecule has 42 heavy (non-hydrogen) atoms. The van der Waals surface area contributed by atoms with Crippen molar-refractivity contribution in [1.82, 2.24) is 24.3 Å². The number of rotatable bonds is 9. The third-order valence-electron chi connectivity index (χ3n) is 8.22. The van der Waals surface area contributed by atoms with E-state index in [1.54, 1.807) is 4.31 Å². The molecule has 2 aromatic carbocycles. The largest absolute Gasteiger partial charge is 0.379 e. The van der Waals surface area contributed by atoms with Crippen molar-refractivity contribution < 1.29 is 13.2 Å². The van der Waals surface area contributed by atoms with Gasteiger partial charge < -0.3 is 10.1 Å². The van der Waals surface area contributed by atoms with Crippen molar-refractivity contribution in [1.29, 1.82) is 0 Å². The van der Waals surface area contributed by atoms with Crippen molar-refractivity contribution >= 4 is 21.6 Å². The van der Waals surface area contributed by atoms with Crippen LogP contribution in [0.15, 0.2) is 42.5 Å². The van der Waals surface area contributed by atoms with Gasteiger partial charge in [0, 0.05) is 86.2 Å². The fourth-order valence-corrected chi connectivity index (χ4v) is 6.55.